The van der Waals surface area contributed by atoms with Gasteiger partial charge in [0.05, 0.1) is 0 Å². The zero-order chi connectivity index (χ0) is 11.1. The fourth-order valence-corrected chi connectivity index (χ4v) is 2.34. The molecule has 0 amide bonds. The number of Topliss-reactive ketones (excluding diaryl/α,β-unsaturated/α-hetero) is 1. The van der Waals surface area contributed by atoms with Gasteiger partial charge in [0.1, 0.15) is 0 Å². The van der Waals surface area contributed by atoms with Crippen LogP contribution in [0.2, 0.25) is 0 Å². The second kappa shape index (κ2) is 3.34. The number of hydrogen-bond donors (Lipinski definition) is 1. The second-order valence-electron chi connectivity index (χ2n) is 4.27. The van der Waals surface area contributed by atoms with Gasteiger partial charge < -0.3 is 4.98 Å². The summed E-state index contributed by atoms with van der Waals surface area (Å²) < 4.78 is 0. The third-order valence-corrected chi connectivity index (χ3v) is 3.19. The maximum Gasteiger partial charge on any atom is 0.159 e. The quantitative estimate of drug-likeness (QED) is 0.721. The Labute approximate surface area is 94.0 Å². The number of hydrogen-bond acceptors (Lipinski definition) is 1. The van der Waals surface area contributed by atoms with Crippen LogP contribution in [0.15, 0.2) is 24.3 Å². The van der Waals surface area contributed by atoms with Crippen LogP contribution >= 0.6 is 0 Å². The molecule has 0 atom stereocenters. The number of fused-ring (bicyclic) bond motifs is 3. The molecule has 1 heterocycles. The van der Waals surface area contributed by atoms with E-state index < -0.39 is 0 Å². The lowest BCUT2D eigenvalue weighted by Crippen LogP contribution is -1.91. The van der Waals surface area contributed by atoms with Crippen LogP contribution in [0.25, 0.3) is 17.0 Å². The Morgan fingerprint density at radius 2 is 2.25 bits per heavy atom. The summed E-state index contributed by atoms with van der Waals surface area (Å²) in [5.74, 6) is 0.116. The third-order valence-electron chi connectivity index (χ3n) is 3.19. The molecular formula is C14H13NO. The van der Waals surface area contributed by atoms with Crippen LogP contribution < -0.4 is 0 Å². The maximum absolute atomic E-state index is 11.3. The molecule has 1 N–H and O–H groups in total. The van der Waals surface area contributed by atoms with Crippen LogP contribution in [0.5, 0.6) is 0 Å². The molecule has 2 aromatic rings. The number of nitrogens with one attached hydrogen (secondary N) is 1. The van der Waals surface area contributed by atoms with E-state index in [2.05, 4.69) is 23.2 Å². The minimum atomic E-state index is 0.116. The smallest absolute Gasteiger partial charge is 0.159 e. The average molecular weight is 211 g/mol. The molecule has 1 aromatic heterocycles. The number of H-pyrrole nitrogens is 1. The number of carbonyl (C=O) groups is 1. The summed E-state index contributed by atoms with van der Waals surface area (Å²) in [6, 6.07) is 5.92. The highest BCUT2D eigenvalue weighted by Gasteiger charge is 2.12. The monoisotopic (exact) mass is 211 g/mol. The highest BCUT2D eigenvalue weighted by molar-refractivity contribution is 5.99. The molecule has 0 fully saturated rings. The lowest BCUT2D eigenvalue weighted by atomic mass is 10.00. The zero-order valence-electron chi connectivity index (χ0n) is 9.21. The molecule has 1 aromatic carbocycles. The molecule has 0 saturated carbocycles. The van der Waals surface area contributed by atoms with E-state index in [1.807, 2.05) is 12.1 Å². The number of rotatable bonds is 1. The van der Waals surface area contributed by atoms with Crippen molar-refractivity contribution >= 4 is 22.8 Å². The summed E-state index contributed by atoms with van der Waals surface area (Å²) in [5, 5.41) is 1.25. The number of aromatic amines is 1. The Kier molecular flexibility index (Phi) is 1.96. The van der Waals surface area contributed by atoms with E-state index in [0.29, 0.717) is 0 Å². The van der Waals surface area contributed by atoms with Crippen LogP contribution in [-0.4, -0.2) is 10.8 Å². The highest BCUT2D eigenvalue weighted by Crippen LogP contribution is 2.28. The first-order chi connectivity index (χ1) is 7.75. The minimum absolute atomic E-state index is 0.116. The van der Waals surface area contributed by atoms with Gasteiger partial charge >= 0.3 is 0 Å². The molecule has 0 spiro atoms. The van der Waals surface area contributed by atoms with E-state index in [1.54, 1.807) is 6.92 Å². The number of benzene rings is 1. The summed E-state index contributed by atoms with van der Waals surface area (Å²) >= 11 is 0. The standard InChI is InChI=1S/C14H13NO/c1-9(16)10-6-7-12-11-4-2-3-5-13(11)15-14(12)8-10/h3,5-8,15H,2,4H2,1H3. The Morgan fingerprint density at radius 1 is 1.38 bits per heavy atom. The normalized spacial score (nSPS) is 14.1. The molecule has 0 radical (unpaired) electrons. The Balaban J connectivity index is 2.27. The summed E-state index contributed by atoms with van der Waals surface area (Å²) in [7, 11) is 0. The molecule has 1 aliphatic rings. The lowest BCUT2D eigenvalue weighted by Gasteiger charge is -2.04. The van der Waals surface area contributed by atoms with Gasteiger partial charge in [0.2, 0.25) is 0 Å². The van der Waals surface area contributed by atoms with Crippen LogP contribution in [0.3, 0.4) is 0 Å². The summed E-state index contributed by atoms with van der Waals surface area (Å²) in [6.07, 6.45) is 6.51. The molecule has 3 rings (SSSR count). The van der Waals surface area contributed by atoms with Crippen LogP contribution in [-0.2, 0) is 6.42 Å². The highest BCUT2D eigenvalue weighted by atomic mass is 16.1. The summed E-state index contributed by atoms with van der Waals surface area (Å²) in [4.78, 5) is 14.7. The molecule has 1 aliphatic carbocycles. The zero-order valence-corrected chi connectivity index (χ0v) is 9.21. The third kappa shape index (κ3) is 1.30. The van der Waals surface area contributed by atoms with Crippen molar-refractivity contribution in [2.24, 2.45) is 0 Å². The van der Waals surface area contributed by atoms with Crippen LogP contribution in [0.4, 0.5) is 0 Å². The fourth-order valence-electron chi connectivity index (χ4n) is 2.34. The number of aryl methyl sites for hydroxylation is 1. The van der Waals surface area contributed by atoms with Gasteiger partial charge in [-0.15, -0.1) is 0 Å². The molecule has 0 saturated heterocycles. The first kappa shape index (κ1) is 9.40. The van der Waals surface area contributed by atoms with Crippen LogP contribution in [0.1, 0.15) is 35.0 Å². The first-order valence-electron chi connectivity index (χ1n) is 5.58. The van der Waals surface area contributed by atoms with E-state index in [9.17, 15) is 4.79 Å². The fraction of sp³-hybridized carbons (Fsp3) is 0.214. The number of aromatic nitrogens is 1. The number of carbonyl (C=O) groups excluding carboxylic acids is 1. The van der Waals surface area contributed by atoms with Crippen LogP contribution in [0, 0.1) is 0 Å². The molecule has 2 heteroatoms. The van der Waals surface area contributed by atoms with Gasteiger partial charge in [-0.1, -0.05) is 18.2 Å². The van der Waals surface area contributed by atoms with E-state index in [1.165, 1.54) is 16.6 Å². The SMILES string of the molecule is CC(=O)c1ccc2c3c([nH]c2c1)C=CCC3. The van der Waals surface area contributed by atoms with Gasteiger partial charge in [0.25, 0.3) is 0 Å². The van der Waals surface area contributed by atoms with Crippen molar-refractivity contribution in [3.8, 4) is 0 Å². The van der Waals surface area contributed by atoms with Crippen molar-refractivity contribution in [1.29, 1.82) is 0 Å². The Bertz CT molecular complexity index is 604. The molecule has 2 nitrogen and oxygen atoms in total. The van der Waals surface area contributed by atoms with Gasteiger partial charge in [-0.3, -0.25) is 4.79 Å². The second-order valence-corrected chi connectivity index (χ2v) is 4.27. The van der Waals surface area contributed by atoms with Crippen molar-refractivity contribution in [2.75, 3.05) is 0 Å². The predicted molar refractivity (Wildman–Crippen MR) is 65.7 cm³/mol. The summed E-state index contributed by atoms with van der Waals surface area (Å²) in [6.45, 7) is 1.60. The Morgan fingerprint density at radius 3 is 3.06 bits per heavy atom. The van der Waals surface area contributed by atoms with E-state index >= 15 is 0 Å². The first-order valence-corrected chi connectivity index (χ1v) is 5.58. The largest absolute Gasteiger partial charge is 0.355 e. The maximum atomic E-state index is 11.3. The van der Waals surface area contributed by atoms with Gasteiger partial charge in [0.15, 0.2) is 5.78 Å². The van der Waals surface area contributed by atoms with Crippen molar-refractivity contribution < 1.29 is 4.79 Å². The number of ketones is 1. The average Bonchev–Trinajstić information content (AvgIpc) is 2.66. The molecule has 80 valence electrons. The molecule has 0 bridgehead atoms. The van der Waals surface area contributed by atoms with E-state index in [-0.39, 0.29) is 5.78 Å². The number of allylic oxidation sites excluding steroid dienone is 1. The molecule has 0 aliphatic heterocycles. The lowest BCUT2D eigenvalue weighted by molar-refractivity contribution is 0.101. The van der Waals surface area contributed by atoms with Gasteiger partial charge in [0, 0.05) is 22.2 Å². The minimum Gasteiger partial charge on any atom is -0.355 e. The van der Waals surface area contributed by atoms with Crippen molar-refractivity contribution in [1.82, 2.24) is 4.98 Å². The van der Waals surface area contributed by atoms with Crippen molar-refractivity contribution in [2.45, 2.75) is 19.8 Å². The molecule has 16 heavy (non-hydrogen) atoms. The van der Waals surface area contributed by atoms with Crippen molar-refractivity contribution in [3.63, 3.8) is 0 Å². The Hall–Kier alpha value is -1.83. The van der Waals surface area contributed by atoms with Gasteiger partial charge in [-0.25, -0.2) is 0 Å². The topological polar surface area (TPSA) is 32.9 Å². The van der Waals surface area contributed by atoms with E-state index in [0.717, 1.165) is 23.9 Å². The molecular weight excluding hydrogens is 198 g/mol. The summed E-state index contributed by atoms with van der Waals surface area (Å²) in [5.41, 5.74) is 4.42. The molecule has 0 unspecified atom stereocenters. The van der Waals surface area contributed by atoms with Gasteiger partial charge in [-0.2, -0.15) is 0 Å². The van der Waals surface area contributed by atoms with E-state index in [4.69, 9.17) is 0 Å². The predicted octanol–water partition coefficient (Wildman–Crippen LogP) is 3.33. The van der Waals surface area contributed by atoms with Gasteiger partial charge in [-0.05, 0) is 37.5 Å². The van der Waals surface area contributed by atoms with Crippen molar-refractivity contribution in [3.05, 3.63) is 41.1 Å².